The first-order valence-corrected chi connectivity index (χ1v) is 4.79. The lowest BCUT2D eigenvalue weighted by molar-refractivity contribution is -0.160. The van der Waals surface area contributed by atoms with E-state index in [-0.39, 0.29) is 0 Å². The number of carboxylic acids is 1. The van der Waals surface area contributed by atoms with Gasteiger partial charge >= 0.3 is 5.97 Å². The Hall–Kier alpha value is -1.55. The van der Waals surface area contributed by atoms with Crippen molar-refractivity contribution in [2.75, 3.05) is 6.61 Å². The average Bonchev–Trinajstić information content (AvgIpc) is 2.28. The van der Waals surface area contributed by atoms with E-state index in [1.54, 1.807) is 12.1 Å². The van der Waals surface area contributed by atoms with Crippen LogP contribution in [0.25, 0.3) is 0 Å². The highest BCUT2D eigenvalue weighted by Gasteiger charge is 2.43. The molecule has 1 aliphatic heterocycles. The van der Waals surface area contributed by atoms with Crippen LogP contribution in [0.1, 0.15) is 12.0 Å². The summed E-state index contributed by atoms with van der Waals surface area (Å²) >= 11 is 0. The number of fused-ring (bicyclic) bond motifs is 1. The van der Waals surface area contributed by atoms with Gasteiger partial charge in [-0.1, -0.05) is 18.2 Å². The van der Waals surface area contributed by atoms with Crippen LogP contribution in [-0.4, -0.2) is 28.4 Å². The molecule has 2 N–H and O–H groups in total. The molecule has 4 heteroatoms. The molecule has 80 valence electrons. The second-order valence-corrected chi connectivity index (χ2v) is 3.67. The van der Waals surface area contributed by atoms with Crippen molar-refractivity contribution in [2.45, 2.75) is 18.4 Å². The number of aliphatic hydroxyl groups is 1. The van der Waals surface area contributed by atoms with Crippen LogP contribution >= 0.6 is 0 Å². The minimum atomic E-state index is -1.46. The summed E-state index contributed by atoms with van der Waals surface area (Å²) in [5.74, 6) is -0.556. The molecule has 1 aromatic rings. The molecule has 0 amide bonds. The van der Waals surface area contributed by atoms with Gasteiger partial charge in [0, 0.05) is 6.42 Å². The number of aliphatic hydroxyl groups excluding tert-OH is 1. The van der Waals surface area contributed by atoms with Crippen LogP contribution in [0.3, 0.4) is 0 Å². The van der Waals surface area contributed by atoms with E-state index in [1.165, 1.54) is 0 Å². The quantitative estimate of drug-likeness (QED) is 0.755. The van der Waals surface area contributed by atoms with Gasteiger partial charge in [0.1, 0.15) is 5.75 Å². The van der Waals surface area contributed by atoms with Crippen molar-refractivity contribution >= 4 is 5.97 Å². The van der Waals surface area contributed by atoms with E-state index in [0.29, 0.717) is 18.6 Å². The first-order valence-electron chi connectivity index (χ1n) is 4.79. The highest BCUT2D eigenvalue weighted by atomic mass is 16.5. The zero-order valence-electron chi connectivity index (χ0n) is 8.14. The minimum Gasteiger partial charge on any atom is -0.478 e. The maximum atomic E-state index is 11.0. The molecule has 0 aliphatic carbocycles. The van der Waals surface area contributed by atoms with Crippen LogP contribution < -0.4 is 4.74 Å². The van der Waals surface area contributed by atoms with Gasteiger partial charge < -0.3 is 14.9 Å². The smallest absolute Gasteiger partial charge is 0.350 e. The van der Waals surface area contributed by atoms with Crippen LogP contribution in [0.15, 0.2) is 24.3 Å². The lowest BCUT2D eigenvalue weighted by Gasteiger charge is -2.33. The summed E-state index contributed by atoms with van der Waals surface area (Å²) in [4.78, 5) is 11.0. The number of hydrogen-bond donors (Lipinski definition) is 2. The molecule has 1 aromatic carbocycles. The van der Waals surface area contributed by atoms with Gasteiger partial charge in [0.05, 0.1) is 6.61 Å². The molecule has 1 atom stereocenters. The molecule has 2 rings (SSSR count). The fourth-order valence-corrected chi connectivity index (χ4v) is 1.74. The molecule has 1 aliphatic rings. The van der Waals surface area contributed by atoms with Crippen LogP contribution in [0.5, 0.6) is 5.75 Å². The maximum absolute atomic E-state index is 11.0. The number of para-hydroxylation sites is 1. The predicted molar refractivity (Wildman–Crippen MR) is 52.8 cm³/mol. The van der Waals surface area contributed by atoms with Gasteiger partial charge in [0.25, 0.3) is 0 Å². The molecule has 15 heavy (non-hydrogen) atoms. The Kier molecular flexibility index (Phi) is 2.36. The number of aliphatic carboxylic acids is 1. The van der Waals surface area contributed by atoms with Gasteiger partial charge in [0.2, 0.25) is 5.60 Å². The summed E-state index contributed by atoms with van der Waals surface area (Å²) in [5, 5.41) is 18.2. The van der Waals surface area contributed by atoms with Crippen molar-refractivity contribution < 1.29 is 19.7 Å². The molecule has 0 saturated carbocycles. The van der Waals surface area contributed by atoms with E-state index in [9.17, 15) is 4.79 Å². The van der Waals surface area contributed by atoms with Crippen molar-refractivity contribution in [3.8, 4) is 5.75 Å². The second kappa shape index (κ2) is 3.55. The largest absolute Gasteiger partial charge is 0.478 e. The summed E-state index contributed by atoms with van der Waals surface area (Å²) in [6.45, 7) is -0.503. The maximum Gasteiger partial charge on any atom is 0.350 e. The zero-order valence-corrected chi connectivity index (χ0v) is 8.14. The molecule has 4 nitrogen and oxygen atoms in total. The van der Waals surface area contributed by atoms with E-state index < -0.39 is 18.2 Å². The summed E-state index contributed by atoms with van der Waals surface area (Å²) in [5.41, 5.74) is -0.475. The predicted octanol–water partition coefficient (Wildman–Crippen LogP) is 0.827. The van der Waals surface area contributed by atoms with Crippen molar-refractivity contribution in [3.05, 3.63) is 29.8 Å². The lowest BCUT2D eigenvalue weighted by atomic mass is 9.92. The minimum absolute atomic E-state index is 0.301. The highest BCUT2D eigenvalue weighted by Crippen LogP contribution is 2.32. The monoisotopic (exact) mass is 208 g/mol. The van der Waals surface area contributed by atoms with Gasteiger partial charge in [-0.15, -0.1) is 0 Å². The van der Waals surface area contributed by atoms with Crippen molar-refractivity contribution in [1.82, 2.24) is 0 Å². The third-order valence-electron chi connectivity index (χ3n) is 2.72. The molecule has 0 fully saturated rings. The van der Waals surface area contributed by atoms with Gasteiger partial charge in [-0.2, -0.15) is 0 Å². The number of hydrogen-bond acceptors (Lipinski definition) is 3. The third kappa shape index (κ3) is 1.57. The fraction of sp³-hybridized carbons (Fsp3) is 0.364. The molecule has 0 saturated heterocycles. The van der Waals surface area contributed by atoms with Crippen LogP contribution in [0, 0.1) is 0 Å². The van der Waals surface area contributed by atoms with E-state index in [1.807, 2.05) is 12.1 Å². The summed E-state index contributed by atoms with van der Waals surface area (Å²) in [6, 6.07) is 7.30. The molecular formula is C11H12O4. The molecule has 0 aromatic heterocycles. The van der Waals surface area contributed by atoms with Crippen molar-refractivity contribution in [2.24, 2.45) is 0 Å². The Morgan fingerprint density at radius 2 is 2.20 bits per heavy atom. The zero-order chi connectivity index (χ0) is 10.9. The van der Waals surface area contributed by atoms with Crippen LogP contribution in [0.2, 0.25) is 0 Å². The van der Waals surface area contributed by atoms with E-state index in [4.69, 9.17) is 14.9 Å². The second-order valence-electron chi connectivity index (χ2n) is 3.67. The molecular weight excluding hydrogens is 196 g/mol. The van der Waals surface area contributed by atoms with Crippen LogP contribution in [0.4, 0.5) is 0 Å². The fourth-order valence-electron chi connectivity index (χ4n) is 1.74. The normalized spacial score (nSPS) is 24.1. The Morgan fingerprint density at radius 3 is 2.87 bits per heavy atom. The van der Waals surface area contributed by atoms with Crippen molar-refractivity contribution in [1.29, 1.82) is 0 Å². The Labute approximate surface area is 87.1 Å². The standard InChI is InChI=1S/C11H12O4/c12-7-11(10(13)14)6-5-8-3-1-2-4-9(8)15-11/h1-4,12H,5-7H2,(H,13,14). The molecule has 1 heterocycles. The number of ether oxygens (including phenoxy) is 1. The Balaban J connectivity index is 2.35. The first-order chi connectivity index (χ1) is 7.18. The van der Waals surface area contributed by atoms with E-state index in [0.717, 1.165) is 5.56 Å². The molecule has 0 radical (unpaired) electrons. The topological polar surface area (TPSA) is 66.8 Å². The number of benzene rings is 1. The third-order valence-corrected chi connectivity index (χ3v) is 2.72. The summed E-state index contributed by atoms with van der Waals surface area (Å²) in [7, 11) is 0. The lowest BCUT2D eigenvalue weighted by Crippen LogP contribution is -2.50. The average molecular weight is 208 g/mol. The van der Waals surface area contributed by atoms with Gasteiger partial charge in [-0.25, -0.2) is 4.79 Å². The van der Waals surface area contributed by atoms with Gasteiger partial charge in [0.15, 0.2) is 0 Å². The number of carbonyl (C=O) groups is 1. The van der Waals surface area contributed by atoms with Crippen molar-refractivity contribution in [3.63, 3.8) is 0 Å². The Bertz CT molecular complexity index is 388. The SMILES string of the molecule is O=C(O)C1(CO)CCc2ccccc2O1. The number of rotatable bonds is 2. The highest BCUT2D eigenvalue weighted by molar-refractivity contribution is 5.78. The summed E-state index contributed by atoms with van der Waals surface area (Å²) in [6.07, 6.45) is 0.916. The molecule has 0 spiro atoms. The number of carboxylic acid groups (broad SMARTS) is 1. The molecule has 0 bridgehead atoms. The summed E-state index contributed by atoms with van der Waals surface area (Å²) < 4.78 is 5.38. The van der Waals surface area contributed by atoms with Crippen LogP contribution in [-0.2, 0) is 11.2 Å². The number of aryl methyl sites for hydroxylation is 1. The Morgan fingerprint density at radius 1 is 1.47 bits per heavy atom. The molecule has 1 unspecified atom stereocenters. The van der Waals surface area contributed by atoms with Gasteiger partial charge in [-0.3, -0.25) is 0 Å². The van der Waals surface area contributed by atoms with Gasteiger partial charge in [-0.05, 0) is 18.1 Å². The van der Waals surface area contributed by atoms with E-state index in [2.05, 4.69) is 0 Å². The first kappa shape index (κ1) is 9.98. The van der Waals surface area contributed by atoms with E-state index >= 15 is 0 Å².